The summed E-state index contributed by atoms with van der Waals surface area (Å²) in [6.07, 6.45) is 0.366. The topological polar surface area (TPSA) is 86.8 Å². The molecule has 0 radical (unpaired) electrons. The fraction of sp³-hybridized carbons (Fsp3) is 0.333. The fourth-order valence-corrected chi connectivity index (χ4v) is 5.85. The Morgan fingerprint density at radius 2 is 1.62 bits per heavy atom. The van der Waals surface area contributed by atoms with Crippen LogP contribution < -0.4 is 9.62 Å². The Bertz CT molecular complexity index is 1410. The highest BCUT2D eigenvalue weighted by atomic mass is 35.5. The van der Waals surface area contributed by atoms with Crippen LogP contribution >= 0.6 is 11.6 Å². The maximum absolute atomic E-state index is 14.1. The largest absolute Gasteiger partial charge is 0.352 e. The number of anilines is 1. The number of aryl methyl sites for hydroxylation is 2. The zero-order valence-corrected chi connectivity index (χ0v) is 24.6. The highest BCUT2D eigenvalue weighted by molar-refractivity contribution is 7.92. The van der Waals surface area contributed by atoms with Crippen molar-refractivity contribution in [2.45, 2.75) is 64.6 Å². The molecule has 9 heteroatoms. The lowest BCUT2D eigenvalue weighted by Crippen LogP contribution is -2.53. The standard InChI is InChI=1S/C30H36ClN3O4S/c1-6-28(30(36)32-21(2)3)33(19-24-12-8-7-11-23(24)5)29(35)20-34(26-13-9-10-22(4)18-26)39(37,38)27-16-14-25(31)15-17-27/h7-18,21,28H,6,19-20H2,1-5H3,(H,32,36). The normalized spacial score (nSPS) is 12.2. The zero-order chi connectivity index (χ0) is 28.7. The number of hydrogen-bond acceptors (Lipinski definition) is 4. The monoisotopic (exact) mass is 569 g/mol. The lowest BCUT2D eigenvalue weighted by atomic mass is 10.1. The second-order valence-corrected chi connectivity index (χ2v) is 12.1. The first kappa shape index (κ1) is 30.2. The van der Waals surface area contributed by atoms with Crippen LogP contribution in [0.3, 0.4) is 0 Å². The molecule has 0 aliphatic heterocycles. The van der Waals surface area contributed by atoms with Crippen LogP contribution in [0.5, 0.6) is 0 Å². The van der Waals surface area contributed by atoms with E-state index in [-0.39, 0.29) is 23.4 Å². The van der Waals surface area contributed by atoms with Gasteiger partial charge < -0.3 is 10.2 Å². The van der Waals surface area contributed by atoms with E-state index in [0.717, 1.165) is 21.0 Å². The molecule has 7 nitrogen and oxygen atoms in total. The van der Waals surface area contributed by atoms with Crippen LogP contribution in [-0.4, -0.2) is 43.8 Å². The second kappa shape index (κ2) is 13.1. The molecule has 0 fully saturated rings. The van der Waals surface area contributed by atoms with Crippen molar-refractivity contribution in [1.29, 1.82) is 0 Å². The molecule has 3 rings (SSSR count). The quantitative estimate of drug-likeness (QED) is 0.331. The van der Waals surface area contributed by atoms with Gasteiger partial charge in [0.05, 0.1) is 10.6 Å². The Balaban J connectivity index is 2.08. The molecule has 0 aromatic heterocycles. The van der Waals surface area contributed by atoms with Crippen LogP contribution in [0, 0.1) is 13.8 Å². The lowest BCUT2D eigenvalue weighted by molar-refractivity contribution is -0.140. The number of rotatable bonds is 11. The summed E-state index contributed by atoms with van der Waals surface area (Å²) >= 11 is 6.00. The Kier molecular flexibility index (Phi) is 10.2. The first-order chi connectivity index (χ1) is 18.4. The van der Waals surface area contributed by atoms with Gasteiger partial charge in [0.1, 0.15) is 12.6 Å². The molecule has 0 bridgehead atoms. The predicted molar refractivity (Wildman–Crippen MR) is 156 cm³/mol. The van der Waals surface area contributed by atoms with Gasteiger partial charge in [-0.1, -0.05) is 54.9 Å². The molecule has 0 aliphatic rings. The van der Waals surface area contributed by atoms with Gasteiger partial charge in [0.15, 0.2) is 0 Å². The summed E-state index contributed by atoms with van der Waals surface area (Å²) in [5, 5.41) is 3.31. The summed E-state index contributed by atoms with van der Waals surface area (Å²) in [4.78, 5) is 28.8. The van der Waals surface area contributed by atoms with Crippen LogP contribution in [-0.2, 0) is 26.2 Å². The summed E-state index contributed by atoms with van der Waals surface area (Å²) in [7, 11) is -4.14. The van der Waals surface area contributed by atoms with E-state index in [1.807, 2.05) is 65.0 Å². The van der Waals surface area contributed by atoms with Gasteiger partial charge in [0.25, 0.3) is 10.0 Å². The van der Waals surface area contributed by atoms with Crippen LogP contribution in [0.25, 0.3) is 0 Å². The molecular weight excluding hydrogens is 534 g/mol. The molecule has 1 unspecified atom stereocenters. The summed E-state index contributed by atoms with van der Waals surface area (Å²) in [6, 6.07) is 19.5. The Morgan fingerprint density at radius 3 is 2.21 bits per heavy atom. The third-order valence-electron chi connectivity index (χ3n) is 6.39. The molecule has 2 amide bonds. The number of nitrogens with one attached hydrogen (secondary N) is 1. The van der Waals surface area contributed by atoms with Gasteiger partial charge in [-0.05, 0) is 87.2 Å². The fourth-order valence-electron chi connectivity index (χ4n) is 4.32. The molecule has 0 saturated heterocycles. The minimum Gasteiger partial charge on any atom is -0.352 e. The molecule has 1 atom stereocenters. The van der Waals surface area contributed by atoms with E-state index in [2.05, 4.69) is 5.32 Å². The van der Waals surface area contributed by atoms with Gasteiger partial charge in [0, 0.05) is 17.6 Å². The van der Waals surface area contributed by atoms with Crippen LogP contribution in [0.1, 0.15) is 43.9 Å². The summed E-state index contributed by atoms with van der Waals surface area (Å²) in [6.45, 7) is 9.03. The van der Waals surface area contributed by atoms with Crippen molar-refractivity contribution < 1.29 is 18.0 Å². The molecule has 0 heterocycles. The molecule has 208 valence electrons. The first-order valence-electron chi connectivity index (χ1n) is 12.9. The van der Waals surface area contributed by atoms with E-state index in [4.69, 9.17) is 11.6 Å². The molecule has 1 N–H and O–H groups in total. The van der Waals surface area contributed by atoms with Crippen molar-refractivity contribution in [2.24, 2.45) is 0 Å². The maximum atomic E-state index is 14.1. The van der Waals surface area contributed by atoms with Crippen molar-refractivity contribution in [3.8, 4) is 0 Å². The molecule has 3 aromatic carbocycles. The molecular formula is C30H36ClN3O4S. The van der Waals surface area contributed by atoms with Gasteiger partial charge in [0.2, 0.25) is 11.8 Å². The average molecular weight is 570 g/mol. The smallest absolute Gasteiger partial charge is 0.264 e. The SMILES string of the molecule is CCC(C(=O)NC(C)C)N(Cc1ccccc1C)C(=O)CN(c1cccc(C)c1)S(=O)(=O)c1ccc(Cl)cc1. The zero-order valence-electron chi connectivity index (χ0n) is 23.0. The minimum absolute atomic E-state index is 0.0104. The third kappa shape index (κ3) is 7.61. The highest BCUT2D eigenvalue weighted by Gasteiger charge is 2.34. The Hall–Kier alpha value is -3.36. The molecule has 0 spiro atoms. The maximum Gasteiger partial charge on any atom is 0.264 e. The van der Waals surface area contributed by atoms with Crippen molar-refractivity contribution in [3.63, 3.8) is 0 Å². The number of carbonyl (C=O) groups excluding carboxylic acids is 2. The number of benzene rings is 3. The molecule has 3 aromatic rings. The number of nitrogens with zero attached hydrogens (tertiary/aromatic N) is 2. The van der Waals surface area contributed by atoms with E-state index in [9.17, 15) is 18.0 Å². The Labute approximate surface area is 236 Å². The highest BCUT2D eigenvalue weighted by Crippen LogP contribution is 2.26. The van der Waals surface area contributed by atoms with E-state index in [1.54, 1.807) is 18.2 Å². The van der Waals surface area contributed by atoms with Crippen LogP contribution in [0.15, 0.2) is 77.7 Å². The number of carbonyl (C=O) groups is 2. The van der Waals surface area contributed by atoms with Gasteiger partial charge in [-0.3, -0.25) is 13.9 Å². The van der Waals surface area contributed by atoms with Gasteiger partial charge in [-0.15, -0.1) is 0 Å². The van der Waals surface area contributed by atoms with Crippen molar-refractivity contribution in [1.82, 2.24) is 10.2 Å². The number of sulfonamides is 1. The lowest BCUT2D eigenvalue weighted by Gasteiger charge is -2.34. The van der Waals surface area contributed by atoms with Crippen LogP contribution in [0.4, 0.5) is 5.69 Å². The van der Waals surface area contributed by atoms with Gasteiger partial charge in [-0.2, -0.15) is 0 Å². The Morgan fingerprint density at radius 1 is 0.949 bits per heavy atom. The average Bonchev–Trinajstić information content (AvgIpc) is 2.87. The van der Waals surface area contributed by atoms with Gasteiger partial charge >= 0.3 is 0 Å². The second-order valence-electron chi connectivity index (χ2n) is 9.84. The molecule has 39 heavy (non-hydrogen) atoms. The van der Waals surface area contributed by atoms with Crippen LogP contribution in [0.2, 0.25) is 5.02 Å². The van der Waals surface area contributed by atoms with Crippen molar-refractivity contribution in [3.05, 3.63) is 94.5 Å². The third-order valence-corrected chi connectivity index (χ3v) is 8.43. The number of halogens is 1. The number of hydrogen-bond donors (Lipinski definition) is 1. The minimum atomic E-state index is -4.14. The summed E-state index contributed by atoms with van der Waals surface area (Å²) in [5.41, 5.74) is 3.05. The van der Waals surface area contributed by atoms with Crippen molar-refractivity contribution in [2.75, 3.05) is 10.8 Å². The van der Waals surface area contributed by atoms with E-state index in [0.29, 0.717) is 17.1 Å². The summed E-state index contributed by atoms with van der Waals surface area (Å²) in [5.74, 6) is -0.764. The van der Waals surface area contributed by atoms with E-state index < -0.39 is 28.5 Å². The first-order valence-corrected chi connectivity index (χ1v) is 14.7. The van der Waals surface area contributed by atoms with E-state index in [1.165, 1.54) is 29.2 Å². The summed E-state index contributed by atoms with van der Waals surface area (Å²) < 4.78 is 28.9. The predicted octanol–water partition coefficient (Wildman–Crippen LogP) is 5.48. The molecule has 0 aliphatic carbocycles. The van der Waals surface area contributed by atoms with E-state index >= 15 is 0 Å². The van der Waals surface area contributed by atoms with Gasteiger partial charge in [-0.25, -0.2) is 8.42 Å². The molecule has 0 saturated carbocycles. The van der Waals surface area contributed by atoms with Crippen molar-refractivity contribution >= 4 is 39.1 Å². The number of amides is 2.